The fraction of sp³-hybridized carbons (Fsp3) is 0.833. The van der Waals surface area contributed by atoms with Crippen molar-refractivity contribution in [3.63, 3.8) is 0 Å². The Hall–Kier alpha value is -0.370. The summed E-state index contributed by atoms with van der Waals surface area (Å²) in [7, 11) is 6.16. The summed E-state index contributed by atoms with van der Waals surface area (Å²) in [5, 5.41) is 16.9. The lowest BCUT2D eigenvalue weighted by atomic mass is 10.5. The first kappa shape index (κ1) is 12.3. The minimum Gasteiger partial charge on any atom is -0.696 e. The van der Waals surface area contributed by atoms with Gasteiger partial charge in [0.25, 0.3) is 0 Å². The molecule has 0 fully saturated rings. The van der Waals surface area contributed by atoms with Crippen molar-refractivity contribution in [2.75, 3.05) is 34.3 Å². The number of hydrogen-bond donors (Lipinski definition) is 1. The van der Waals surface area contributed by atoms with E-state index in [1.54, 1.807) is 0 Å². The number of nitrogens with zero attached hydrogens (tertiary/aromatic N) is 2. The second-order valence-electron chi connectivity index (χ2n) is 2.83. The number of hydrogen-bond acceptors (Lipinski definition) is 3. The van der Waals surface area contributed by atoms with Gasteiger partial charge in [-0.25, -0.2) is 5.26 Å². The molecule has 10 heavy (non-hydrogen) atoms. The zero-order valence-corrected chi connectivity index (χ0v) is 7.48. The van der Waals surface area contributed by atoms with Crippen LogP contribution in [0.3, 0.4) is 0 Å². The van der Waals surface area contributed by atoms with Crippen LogP contribution < -0.4 is 0 Å². The molecule has 0 amide bonds. The monoisotopic (exact) mass is 162 g/mol. The van der Waals surface area contributed by atoms with E-state index in [-0.39, 0.29) is 6.61 Å². The Morgan fingerprint density at radius 2 is 1.80 bits per heavy atom. The molecule has 0 bridgehead atoms. The first-order valence-electron chi connectivity index (χ1n) is 2.90. The van der Waals surface area contributed by atoms with Gasteiger partial charge in [0.2, 0.25) is 0 Å². The average Bonchev–Trinajstić information content (AvgIpc) is 1.63. The summed E-state index contributed by atoms with van der Waals surface area (Å²) in [6.45, 7) is 1.11. The van der Waals surface area contributed by atoms with Gasteiger partial charge in [0, 0.05) is 0 Å². The second-order valence-corrected chi connectivity index (χ2v) is 3.01. The fourth-order valence-corrected chi connectivity index (χ4v) is 0.300. The maximum atomic E-state index is 8.39. The Morgan fingerprint density at radius 1 is 1.50 bits per heavy atom. The van der Waals surface area contributed by atoms with Gasteiger partial charge in [-0.05, 0) is 0 Å². The van der Waals surface area contributed by atoms with E-state index in [1.165, 1.54) is 5.40 Å². The molecule has 60 valence electrons. The smallest absolute Gasteiger partial charge is 0.101 e. The summed E-state index contributed by atoms with van der Waals surface area (Å²) >= 11 is 3.70. The third-order valence-electron chi connectivity index (χ3n) is 0.771. The van der Waals surface area contributed by atoms with Crippen LogP contribution in [-0.4, -0.2) is 43.9 Å². The van der Waals surface area contributed by atoms with Crippen LogP contribution >= 0.6 is 0 Å². The van der Waals surface area contributed by atoms with Gasteiger partial charge in [-0.15, -0.1) is 0 Å². The summed E-state index contributed by atoms with van der Waals surface area (Å²) in [5.41, 5.74) is 0. The van der Waals surface area contributed by atoms with Gasteiger partial charge in [0.05, 0.1) is 27.7 Å². The number of quaternary nitrogens is 1. The van der Waals surface area contributed by atoms with Gasteiger partial charge in [-0.1, -0.05) is 5.40 Å². The SMILES string of the molecule is C[N+](C)(C)CCO.N#C[S-]. The van der Waals surface area contributed by atoms with Gasteiger partial charge in [0.15, 0.2) is 0 Å². The molecule has 0 spiro atoms. The molecule has 3 nitrogen and oxygen atoms in total. The van der Waals surface area contributed by atoms with E-state index in [0.717, 1.165) is 11.0 Å². The van der Waals surface area contributed by atoms with Crippen molar-refractivity contribution in [2.45, 2.75) is 0 Å². The summed E-state index contributed by atoms with van der Waals surface area (Å²) < 4.78 is 0.844. The maximum absolute atomic E-state index is 8.39. The van der Waals surface area contributed by atoms with E-state index in [1.807, 2.05) is 0 Å². The zero-order chi connectivity index (χ0) is 8.62. The quantitative estimate of drug-likeness (QED) is 0.344. The van der Waals surface area contributed by atoms with Crippen molar-refractivity contribution in [3.05, 3.63) is 0 Å². The Kier molecular flexibility index (Phi) is 8.31. The molecule has 0 aromatic heterocycles. The highest BCUT2D eigenvalue weighted by Crippen LogP contribution is 1.84. The van der Waals surface area contributed by atoms with Gasteiger partial charge in [-0.2, -0.15) is 0 Å². The molecule has 0 aliphatic carbocycles. The molecule has 1 N–H and O–H groups in total. The van der Waals surface area contributed by atoms with Crippen molar-refractivity contribution in [1.29, 1.82) is 5.26 Å². The summed E-state index contributed by atoms with van der Waals surface area (Å²) in [6.07, 6.45) is 0. The van der Waals surface area contributed by atoms with Crippen LogP contribution in [0.5, 0.6) is 0 Å². The Bertz CT molecular complexity index is 103. The molecule has 0 saturated heterocycles. The minimum absolute atomic E-state index is 0.281. The standard InChI is InChI=1S/C5H14NO.CHNS/c1-6(2,3)4-5-7;2-1-3/h7H,4-5H2,1-3H3;3H/q+1;/p-1. The van der Waals surface area contributed by atoms with Gasteiger partial charge >= 0.3 is 0 Å². The average molecular weight is 162 g/mol. The van der Waals surface area contributed by atoms with E-state index >= 15 is 0 Å². The molecule has 4 heteroatoms. The summed E-state index contributed by atoms with van der Waals surface area (Å²) in [5.74, 6) is 0. The molecule has 0 aliphatic rings. The highest BCUT2D eigenvalue weighted by Gasteiger charge is 2.02. The largest absolute Gasteiger partial charge is 0.696 e. The van der Waals surface area contributed by atoms with Crippen LogP contribution in [0.4, 0.5) is 0 Å². The molecular formula is C6H14N2OS. The topological polar surface area (TPSA) is 44.0 Å². The predicted octanol–water partition coefficient (Wildman–Crippen LogP) is -0.301. The van der Waals surface area contributed by atoms with Crippen molar-refractivity contribution >= 4 is 12.6 Å². The first-order valence-corrected chi connectivity index (χ1v) is 3.31. The normalized spacial score (nSPS) is 9.10. The lowest BCUT2D eigenvalue weighted by Gasteiger charge is -2.21. The third kappa shape index (κ3) is 25.5. The number of aliphatic hydroxyl groups is 1. The third-order valence-corrected chi connectivity index (χ3v) is 0.771. The number of likely N-dealkylation sites (N-methyl/N-ethyl adjacent to an activating group) is 1. The van der Waals surface area contributed by atoms with Crippen molar-refractivity contribution in [2.24, 2.45) is 0 Å². The van der Waals surface area contributed by atoms with E-state index < -0.39 is 0 Å². The predicted molar refractivity (Wildman–Crippen MR) is 43.0 cm³/mol. The van der Waals surface area contributed by atoms with Crippen LogP contribution in [0.2, 0.25) is 0 Å². The van der Waals surface area contributed by atoms with Crippen LogP contribution in [0.15, 0.2) is 0 Å². The molecular weight excluding hydrogens is 148 g/mol. The lowest BCUT2D eigenvalue weighted by Crippen LogP contribution is -2.36. The maximum Gasteiger partial charge on any atom is 0.101 e. The Morgan fingerprint density at radius 3 is 1.80 bits per heavy atom. The molecule has 0 aromatic carbocycles. The molecule has 0 radical (unpaired) electrons. The lowest BCUT2D eigenvalue weighted by molar-refractivity contribution is -0.870. The van der Waals surface area contributed by atoms with Gasteiger partial charge in [-0.3, -0.25) is 0 Å². The molecule has 0 atom stereocenters. The van der Waals surface area contributed by atoms with E-state index in [0.29, 0.717) is 0 Å². The second kappa shape index (κ2) is 6.75. The van der Waals surface area contributed by atoms with E-state index in [9.17, 15) is 0 Å². The van der Waals surface area contributed by atoms with Crippen LogP contribution in [0, 0.1) is 10.7 Å². The van der Waals surface area contributed by atoms with Crippen molar-refractivity contribution in [1.82, 2.24) is 0 Å². The van der Waals surface area contributed by atoms with Crippen LogP contribution in [0.1, 0.15) is 0 Å². The Labute approximate surface area is 67.9 Å². The van der Waals surface area contributed by atoms with E-state index in [4.69, 9.17) is 10.4 Å². The fourth-order valence-electron chi connectivity index (χ4n) is 0.300. The molecule has 0 saturated carbocycles. The van der Waals surface area contributed by atoms with Gasteiger partial charge < -0.3 is 22.2 Å². The van der Waals surface area contributed by atoms with Crippen molar-refractivity contribution < 1.29 is 9.59 Å². The van der Waals surface area contributed by atoms with E-state index in [2.05, 4.69) is 33.8 Å². The number of nitriles is 1. The highest BCUT2D eigenvalue weighted by atomic mass is 32.1. The molecule has 0 aliphatic heterocycles. The highest BCUT2D eigenvalue weighted by molar-refractivity contribution is 7.64. The summed E-state index contributed by atoms with van der Waals surface area (Å²) in [4.78, 5) is 0. The molecule has 0 heterocycles. The number of aliphatic hydroxyl groups excluding tert-OH is 1. The Balaban J connectivity index is 0. The molecule has 0 aromatic rings. The van der Waals surface area contributed by atoms with Crippen LogP contribution in [-0.2, 0) is 12.6 Å². The molecule has 0 rings (SSSR count). The van der Waals surface area contributed by atoms with Crippen LogP contribution in [0.25, 0.3) is 0 Å². The number of rotatable bonds is 2. The first-order chi connectivity index (χ1) is 4.47. The van der Waals surface area contributed by atoms with Gasteiger partial charge in [0.1, 0.15) is 6.54 Å². The summed E-state index contributed by atoms with van der Waals surface area (Å²) in [6, 6.07) is 0. The molecule has 0 unspecified atom stereocenters. The number of thiocyanates is 1. The minimum atomic E-state index is 0.281. The zero-order valence-electron chi connectivity index (χ0n) is 6.66. The van der Waals surface area contributed by atoms with Crippen molar-refractivity contribution in [3.8, 4) is 5.40 Å².